The molecule has 0 aliphatic heterocycles. The number of aryl methyl sites for hydroxylation is 1. The summed E-state index contributed by atoms with van der Waals surface area (Å²) >= 11 is 3.37. The molecule has 0 bridgehead atoms. The van der Waals surface area contributed by atoms with Crippen LogP contribution in [-0.2, 0) is 0 Å². The fraction of sp³-hybridized carbons (Fsp3) is 0.0769. The number of carbonyl (C=O) groups is 1. The maximum absolute atomic E-state index is 10.9. The third-order valence-electron chi connectivity index (χ3n) is 2.40. The first-order valence-electron chi connectivity index (χ1n) is 5.41. The first-order valence-corrected chi connectivity index (χ1v) is 6.20. The lowest BCUT2D eigenvalue weighted by atomic mass is 10.2. The lowest BCUT2D eigenvalue weighted by Gasteiger charge is -2.10. The van der Waals surface area contributed by atoms with Crippen molar-refractivity contribution >= 4 is 27.6 Å². The smallest absolute Gasteiger partial charge is 0.354 e. The molecule has 0 fully saturated rings. The monoisotopic (exact) mass is 322 g/mol. The van der Waals surface area contributed by atoms with E-state index in [2.05, 4.69) is 20.9 Å². The molecule has 1 heterocycles. The summed E-state index contributed by atoms with van der Waals surface area (Å²) in [4.78, 5) is 14.7. The van der Waals surface area contributed by atoms with E-state index in [0.717, 1.165) is 10.0 Å². The molecular weight excluding hydrogens is 312 g/mol. The van der Waals surface area contributed by atoms with E-state index in [1.54, 1.807) is 6.07 Å². The number of anilines is 1. The molecule has 2 rings (SSSR count). The molecule has 0 radical (unpaired) electrons. The summed E-state index contributed by atoms with van der Waals surface area (Å²) in [7, 11) is 0. The van der Waals surface area contributed by atoms with Gasteiger partial charge in [0.05, 0.1) is 10.2 Å². The lowest BCUT2D eigenvalue weighted by Crippen LogP contribution is -2.03. The van der Waals surface area contributed by atoms with E-state index in [1.165, 1.54) is 12.1 Å². The summed E-state index contributed by atoms with van der Waals surface area (Å²) in [5.74, 6) is -0.537. The Bertz CT molecular complexity index is 644. The third kappa shape index (κ3) is 3.03. The van der Waals surface area contributed by atoms with Crippen LogP contribution in [0.5, 0.6) is 11.6 Å². The maximum atomic E-state index is 10.9. The predicted molar refractivity (Wildman–Crippen MR) is 74.6 cm³/mol. The fourth-order valence-corrected chi connectivity index (χ4v) is 2.02. The Kier molecular flexibility index (Phi) is 3.71. The highest BCUT2D eigenvalue weighted by Crippen LogP contribution is 2.32. The Morgan fingerprint density at radius 1 is 1.37 bits per heavy atom. The van der Waals surface area contributed by atoms with Gasteiger partial charge in [-0.1, -0.05) is 6.07 Å². The molecule has 0 atom stereocenters. The molecule has 0 spiro atoms. The van der Waals surface area contributed by atoms with Crippen LogP contribution in [0.25, 0.3) is 0 Å². The van der Waals surface area contributed by atoms with E-state index in [-0.39, 0.29) is 17.3 Å². The van der Waals surface area contributed by atoms with Crippen LogP contribution in [0.4, 0.5) is 5.69 Å². The van der Waals surface area contributed by atoms with Gasteiger partial charge in [-0.3, -0.25) is 0 Å². The summed E-state index contributed by atoms with van der Waals surface area (Å²) in [5.41, 5.74) is 6.95. The Balaban J connectivity index is 2.37. The number of ether oxygens (including phenoxy) is 1. The number of hydrogen-bond acceptors (Lipinski definition) is 4. The molecule has 0 amide bonds. The molecule has 3 N–H and O–H groups in total. The summed E-state index contributed by atoms with van der Waals surface area (Å²) in [6.45, 7) is 1.95. The first-order chi connectivity index (χ1) is 8.97. The fourth-order valence-electron chi connectivity index (χ4n) is 1.44. The number of benzene rings is 1. The molecule has 5 nitrogen and oxygen atoms in total. The third-order valence-corrected chi connectivity index (χ3v) is 3.02. The number of halogens is 1. The topological polar surface area (TPSA) is 85.4 Å². The predicted octanol–water partition coefficient (Wildman–Crippen LogP) is 3.23. The van der Waals surface area contributed by atoms with Crippen LogP contribution >= 0.6 is 15.9 Å². The minimum absolute atomic E-state index is 0.0736. The van der Waals surface area contributed by atoms with Crippen LogP contribution in [0.1, 0.15) is 16.1 Å². The molecule has 1 aromatic carbocycles. The van der Waals surface area contributed by atoms with Gasteiger partial charge >= 0.3 is 5.97 Å². The quantitative estimate of drug-likeness (QED) is 0.906. The van der Waals surface area contributed by atoms with Gasteiger partial charge < -0.3 is 15.6 Å². The normalized spacial score (nSPS) is 10.2. The van der Waals surface area contributed by atoms with Gasteiger partial charge in [-0.15, -0.1) is 0 Å². The number of aromatic carboxylic acids is 1. The SMILES string of the molecule is Cc1ccc(Oc2nc(C(=O)O)ccc2N)c(Br)c1. The van der Waals surface area contributed by atoms with E-state index in [1.807, 2.05) is 19.1 Å². The zero-order valence-electron chi connectivity index (χ0n) is 10.1. The second-order valence-electron chi connectivity index (χ2n) is 3.93. The van der Waals surface area contributed by atoms with Crippen molar-refractivity contribution in [3.8, 4) is 11.6 Å². The second-order valence-corrected chi connectivity index (χ2v) is 4.79. The summed E-state index contributed by atoms with van der Waals surface area (Å²) in [5, 5.41) is 8.89. The van der Waals surface area contributed by atoms with Gasteiger partial charge in [0, 0.05) is 0 Å². The maximum Gasteiger partial charge on any atom is 0.354 e. The van der Waals surface area contributed by atoms with Gasteiger partial charge in [-0.2, -0.15) is 0 Å². The number of carboxylic acid groups (broad SMARTS) is 1. The number of rotatable bonds is 3. The van der Waals surface area contributed by atoms with Crippen molar-refractivity contribution in [2.24, 2.45) is 0 Å². The molecular formula is C13H11BrN2O3. The summed E-state index contributed by atoms with van der Waals surface area (Å²) < 4.78 is 6.28. The van der Waals surface area contributed by atoms with E-state index in [9.17, 15) is 4.79 Å². The number of nitrogens with zero attached hydrogens (tertiary/aromatic N) is 1. The average Bonchev–Trinajstić information content (AvgIpc) is 2.34. The number of nitrogen functional groups attached to an aromatic ring is 1. The molecule has 0 saturated carbocycles. The van der Waals surface area contributed by atoms with Crippen molar-refractivity contribution in [2.45, 2.75) is 6.92 Å². The van der Waals surface area contributed by atoms with Crippen LogP contribution in [0.3, 0.4) is 0 Å². The van der Waals surface area contributed by atoms with Gasteiger partial charge in [0.2, 0.25) is 5.88 Å². The molecule has 0 unspecified atom stereocenters. The Hall–Kier alpha value is -2.08. The molecule has 6 heteroatoms. The molecule has 1 aromatic heterocycles. The molecule has 19 heavy (non-hydrogen) atoms. The van der Waals surface area contributed by atoms with Crippen molar-refractivity contribution in [2.75, 3.05) is 5.73 Å². The highest BCUT2D eigenvalue weighted by molar-refractivity contribution is 9.10. The van der Waals surface area contributed by atoms with Gasteiger partial charge in [-0.25, -0.2) is 9.78 Å². The number of hydrogen-bond donors (Lipinski definition) is 2. The van der Waals surface area contributed by atoms with Crippen LogP contribution in [0.15, 0.2) is 34.8 Å². The summed E-state index contributed by atoms with van der Waals surface area (Å²) in [6.07, 6.45) is 0. The highest BCUT2D eigenvalue weighted by atomic mass is 79.9. The van der Waals surface area contributed by atoms with Crippen molar-refractivity contribution in [1.82, 2.24) is 4.98 Å². The van der Waals surface area contributed by atoms with E-state index >= 15 is 0 Å². The van der Waals surface area contributed by atoms with E-state index in [0.29, 0.717) is 5.75 Å². The average molecular weight is 323 g/mol. The minimum Gasteiger partial charge on any atom is -0.477 e. The Morgan fingerprint density at radius 2 is 2.11 bits per heavy atom. The van der Waals surface area contributed by atoms with Crippen molar-refractivity contribution in [1.29, 1.82) is 0 Å². The zero-order valence-corrected chi connectivity index (χ0v) is 11.6. The second kappa shape index (κ2) is 5.27. The van der Waals surface area contributed by atoms with E-state index < -0.39 is 5.97 Å². The van der Waals surface area contributed by atoms with Gasteiger partial charge in [0.25, 0.3) is 0 Å². The largest absolute Gasteiger partial charge is 0.477 e. The number of aromatic nitrogens is 1. The number of pyridine rings is 1. The van der Waals surface area contributed by atoms with Gasteiger partial charge in [0.1, 0.15) is 5.75 Å². The molecule has 0 aliphatic rings. The van der Waals surface area contributed by atoms with Gasteiger partial charge in [0.15, 0.2) is 5.69 Å². The van der Waals surface area contributed by atoms with Crippen molar-refractivity contribution < 1.29 is 14.6 Å². The first kappa shape index (κ1) is 13.4. The minimum atomic E-state index is -1.13. The Labute approximate surface area is 118 Å². The van der Waals surface area contributed by atoms with Crippen LogP contribution in [0.2, 0.25) is 0 Å². The standard InChI is InChI=1S/C13H11BrN2O3/c1-7-2-5-11(8(14)6-7)19-12-9(15)3-4-10(16-12)13(17)18/h2-6H,15H2,1H3,(H,17,18). The molecule has 0 aliphatic carbocycles. The lowest BCUT2D eigenvalue weighted by molar-refractivity contribution is 0.0689. The van der Waals surface area contributed by atoms with Crippen LogP contribution < -0.4 is 10.5 Å². The Morgan fingerprint density at radius 3 is 2.74 bits per heavy atom. The van der Waals surface area contributed by atoms with E-state index in [4.69, 9.17) is 15.6 Å². The van der Waals surface area contributed by atoms with Crippen molar-refractivity contribution in [3.63, 3.8) is 0 Å². The molecule has 98 valence electrons. The molecule has 2 aromatic rings. The van der Waals surface area contributed by atoms with Gasteiger partial charge in [-0.05, 0) is 52.7 Å². The van der Waals surface area contributed by atoms with Crippen LogP contribution in [-0.4, -0.2) is 16.1 Å². The number of carboxylic acids is 1. The molecule has 0 saturated heterocycles. The highest BCUT2D eigenvalue weighted by Gasteiger charge is 2.11. The zero-order chi connectivity index (χ0) is 14.0. The van der Waals surface area contributed by atoms with Crippen molar-refractivity contribution in [3.05, 3.63) is 46.1 Å². The summed E-state index contributed by atoms with van der Waals surface area (Å²) in [6, 6.07) is 8.29. The number of nitrogens with two attached hydrogens (primary N) is 1. The van der Waals surface area contributed by atoms with Crippen LogP contribution in [0, 0.1) is 6.92 Å².